The highest BCUT2D eigenvalue weighted by Crippen LogP contribution is 2.36. The third-order valence-corrected chi connectivity index (χ3v) is 9.69. The minimum Gasteiger partial charge on any atom is -0.493 e. The normalized spacial score (nSPS) is 12.8. The van der Waals surface area contributed by atoms with Gasteiger partial charge in [0.1, 0.15) is 36.5 Å². The molecule has 0 atom stereocenters. The molecule has 1 aliphatic rings. The first-order valence-electron chi connectivity index (χ1n) is 17.7. The molecule has 0 aliphatic carbocycles. The van der Waals surface area contributed by atoms with Crippen LogP contribution in [0.2, 0.25) is 5.02 Å². The number of nitrogens with one attached hydrogen (secondary N) is 1. The molecule has 8 heteroatoms. The lowest BCUT2D eigenvalue weighted by Crippen LogP contribution is -2.22. The molecule has 262 valence electrons. The van der Waals surface area contributed by atoms with Gasteiger partial charge in [-0.25, -0.2) is 0 Å². The second-order valence-electron chi connectivity index (χ2n) is 13.0. The number of benzene rings is 4. The van der Waals surface area contributed by atoms with Crippen LogP contribution in [0.3, 0.4) is 0 Å². The molecule has 0 spiro atoms. The van der Waals surface area contributed by atoms with E-state index in [2.05, 4.69) is 83.6 Å². The molecule has 0 amide bonds. The van der Waals surface area contributed by atoms with Gasteiger partial charge in [-0.2, -0.15) is 5.26 Å². The second-order valence-corrected chi connectivity index (χ2v) is 13.4. The maximum atomic E-state index is 9.32. The van der Waals surface area contributed by atoms with Crippen molar-refractivity contribution in [2.45, 2.75) is 59.4 Å². The van der Waals surface area contributed by atoms with E-state index in [4.69, 9.17) is 25.8 Å². The highest BCUT2D eigenvalue weighted by molar-refractivity contribution is 6.32. The molecular formula is C43H45ClN4O3. The topological polar surface area (TPSA) is 79.6 Å². The summed E-state index contributed by atoms with van der Waals surface area (Å²) in [5, 5.41) is 13.3. The number of hydrogen-bond acceptors (Lipinski definition) is 7. The Bertz CT molecular complexity index is 1950. The largest absolute Gasteiger partial charge is 0.493 e. The van der Waals surface area contributed by atoms with Gasteiger partial charge >= 0.3 is 0 Å². The molecule has 1 saturated heterocycles. The van der Waals surface area contributed by atoms with Crippen LogP contribution in [0.15, 0.2) is 97.3 Å². The van der Waals surface area contributed by atoms with Gasteiger partial charge < -0.3 is 24.4 Å². The van der Waals surface area contributed by atoms with E-state index in [1.54, 1.807) is 12.3 Å². The van der Waals surface area contributed by atoms with Crippen LogP contribution in [-0.4, -0.2) is 36.1 Å². The van der Waals surface area contributed by atoms with Crippen molar-refractivity contribution in [3.05, 3.63) is 141 Å². The highest BCUT2D eigenvalue weighted by Gasteiger charge is 2.16. The number of hydrogen-bond donors (Lipinski definition) is 1. The van der Waals surface area contributed by atoms with Crippen molar-refractivity contribution in [1.82, 2.24) is 15.2 Å². The Hall–Kier alpha value is -4.87. The van der Waals surface area contributed by atoms with Gasteiger partial charge in [-0.3, -0.25) is 4.98 Å². The summed E-state index contributed by atoms with van der Waals surface area (Å²) in [4.78, 5) is 6.70. The van der Waals surface area contributed by atoms with Crippen LogP contribution in [0.5, 0.6) is 17.2 Å². The predicted molar refractivity (Wildman–Crippen MR) is 203 cm³/mol. The minimum absolute atomic E-state index is 0.247. The Morgan fingerprint density at radius 3 is 2.31 bits per heavy atom. The van der Waals surface area contributed by atoms with Crippen molar-refractivity contribution in [1.29, 1.82) is 5.26 Å². The average Bonchev–Trinajstić information content (AvgIpc) is 3.68. The van der Waals surface area contributed by atoms with Crippen LogP contribution >= 0.6 is 11.6 Å². The lowest BCUT2D eigenvalue weighted by atomic mass is 9.93. The van der Waals surface area contributed by atoms with E-state index in [1.165, 1.54) is 37.7 Å². The quantitative estimate of drug-likeness (QED) is 0.103. The first-order chi connectivity index (χ1) is 25.0. The monoisotopic (exact) mass is 700 g/mol. The molecule has 0 saturated carbocycles. The number of aromatic nitrogens is 1. The summed E-state index contributed by atoms with van der Waals surface area (Å²) < 4.78 is 19.0. The van der Waals surface area contributed by atoms with Gasteiger partial charge in [-0.1, -0.05) is 72.3 Å². The zero-order valence-electron chi connectivity index (χ0n) is 29.5. The van der Waals surface area contributed by atoms with Gasteiger partial charge in [-0.05, 0) is 97.8 Å². The summed E-state index contributed by atoms with van der Waals surface area (Å²) >= 11 is 6.84. The molecule has 1 aliphatic heterocycles. The van der Waals surface area contributed by atoms with Gasteiger partial charge in [0.05, 0.1) is 17.2 Å². The van der Waals surface area contributed by atoms with E-state index >= 15 is 0 Å². The summed E-state index contributed by atoms with van der Waals surface area (Å²) in [7, 11) is 0. The summed E-state index contributed by atoms with van der Waals surface area (Å²) in [5.41, 5.74) is 9.03. The smallest absolute Gasteiger partial charge is 0.142 e. The molecule has 6 rings (SSSR count). The van der Waals surface area contributed by atoms with Crippen LogP contribution in [0.4, 0.5) is 0 Å². The number of ether oxygens (including phenoxy) is 3. The summed E-state index contributed by atoms with van der Waals surface area (Å²) in [5.74, 6) is 2.12. The van der Waals surface area contributed by atoms with E-state index in [0.717, 1.165) is 57.7 Å². The number of pyridine rings is 1. The van der Waals surface area contributed by atoms with Crippen molar-refractivity contribution < 1.29 is 14.2 Å². The Morgan fingerprint density at radius 1 is 0.745 bits per heavy atom. The Balaban J connectivity index is 1.16. The molecule has 5 aromatic rings. The summed E-state index contributed by atoms with van der Waals surface area (Å²) in [6.07, 6.45) is 6.90. The van der Waals surface area contributed by atoms with E-state index in [0.29, 0.717) is 48.4 Å². The van der Waals surface area contributed by atoms with Gasteiger partial charge in [0.2, 0.25) is 0 Å². The zero-order chi connectivity index (χ0) is 35.4. The third-order valence-electron chi connectivity index (χ3n) is 9.40. The lowest BCUT2D eigenvalue weighted by molar-refractivity contribution is 0.262. The molecule has 0 radical (unpaired) electrons. The van der Waals surface area contributed by atoms with Crippen molar-refractivity contribution >= 4 is 11.6 Å². The Morgan fingerprint density at radius 2 is 1.51 bits per heavy atom. The maximum Gasteiger partial charge on any atom is 0.142 e. The third kappa shape index (κ3) is 9.68. The zero-order valence-corrected chi connectivity index (χ0v) is 30.2. The van der Waals surface area contributed by atoms with Crippen molar-refractivity contribution in [3.8, 4) is 34.4 Å². The van der Waals surface area contributed by atoms with Gasteiger partial charge in [0.15, 0.2) is 0 Å². The number of nitrogens with zero attached hydrogens (tertiary/aromatic N) is 3. The number of nitriles is 1. The molecule has 1 N–H and O–H groups in total. The molecule has 2 heterocycles. The molecule has 1 aromatic heterocycles. The number of halogens is 1. The van der Waals surface area contributed by atoms with Crippen molar-refractivity contribution in [2.75, 3.05) is 26.2 Å². The standard InChI is InChI=1S/C43H45ClN4O3/c1-31-36(13-8-14-38(31)39-15-9-16-41(32(39)2)49-20-10-19-48-17-6-7-18-48)30-51-43-23-42(50-29-35-21-34(24-45)26-46-27-35)37(22-40(43)44)28-47-25-33-11-4-3-5-12-33/h3-5,8-9,11-16,21-23,26-27,47H,6-7,10,17-20,25,28-30H2,1-2H3. The summed E-state index contributed by atoms with van der Waals surface area (Å²) in [6.45, 7) is 10.3. The van der Waals surface area contributed by atoms with Gasteiger partial charge in [0, 0.05) is 49.2 Å². The Labute approximate surface area is 306 Å². The van der Waals surface area contributed by atoms with E-state index in [-0.39, 0.29) is 6.61 Å². The van der Waals surface area contributed by atoms with Crippen molar-refractivity contribution in [3.63, 3.8) is 0 Å². The van der Waals surface area contributed by atoms with E-state index in [1.807, 2.05) is 30.3 Å². The average molecular weight is 701 g/mol. The fraction of sp³-hybridized carbons (Fsp3) is 0.302. The molecule has 0 bridgehead atoms. The Kier molecular flexibility index (Phi) is 12.6. The molecule has 0 unspecified atom stereocenters. The van der Waals surface area contributed by atoms with Crippen LogP contribution in [-0.2, 0) is 26.3 Å². The number of likely N-dealkylation sites (tertiary alicyclic amines) is 1. The van der Waals surface area contributed by atoms with Crippen LogP contribution in [0, 0.1) is 25.2 Å². The second kappa shape index (κ2) is 17.9. The number of rotatable bonds is 16. The van der Waals surface area contributed by atoms with Crippen LogP contribution in [0.25, 0.3) is 11.1 Å². The van der Waals surface area contributed by atoms with Crippen molar-refractivity contribution in [2.24, 2.45) is 0 Å². The maximum absolute atomic E-state index is 9.32. The predicted octanol–water partition coefficient (Wildman–Crippen LogP) is 9.20. The highest BCUT2D eigenvalue weighted by atomic mass is 35.5. The first kappa shape index (κ1) is 35.9. The van der Waals surface area contributed by atoms with Crippen LogP contribution in [0.1, 0.15) is 58.2 Å². The van der Waals surface area contributed by atoms with Gasteiger partial charge in [0.25, 0.3) is 0 Å². The molecular weight excluding hydrogens is 656 g/mol. The van der Waals surface area contributed by atoms with Crippen LogP contribution < -0.4 is 19.5 Å². The first-order valence-corrected chi connectivity index (χ1v) is 18.1. The fourth-order valence-corrected chi connectivity index (χ4v) is 6.75. The molecule has 51 heavy (non-hydrogen) atoms. The SMILES string of the molecule is Cc1c(COc2cc(OCc3cncc(C#N)c3)c(CNCc3ccccc3)cc2Cl)cccc1-c1cccc(OCCCN2CCCC2)c1C. The van der Waals surface area contributed by atoms with Gasteiger partial charge in [-0.15, -0.1) is 0 Å². The molecule has 7 nitrogen and oxygen atoms in total. The molecule has 4 aromatic carbocycles. The summed E-state index contributed by atoms with van der Waals surface area (Å²) in [6, 6.07) is 30.5. The fourth-order valence-electron chi connectivity index (χ4n) is 6.51. The minimum atomic E-state index is 0.247. The lowest BCUT2D eigenvalue weighted by Gasteiger charge is -2.19. The van der Waals surface area contributed by atoms with E-state index < -0.39 is 0 Å². The van der Waals surface area contributed by atoms with E-state index in [9.17, 15) is 5.26 Å². The molecule has 1 fully saturated rings.